The normalized spacial score (nSPS) is 23.2. The number of likely N-dealkylation sites (tertiary alicyclic amines) is 1. The number of aryl methyl sites for hydroxylation is 3. The number of rotatable bonds is 5. The molecule has 0 spiro atoms. The second-order valence-electron chi connectivity index (χ2n) is 7.02. The van der Waals surface area contributed by atoms with Crippen LogP contribution >= 0.6 is 12.4 Å². The maximum absolute atomic E-state index is 10.4. The van der Waals surface area contributed by atoms with E-state index in [-0.39, 0.29) is 12.4 Å². The van der Waals surface area contributed by atoms with Gasteiger partial charge in [0.05, 0.1) is 0 Å². The van der Waals surface area contributed by atoms with Crippen molar-refractivity contribution in [2.24, 2.45) is 0 Å². The fourth-order valence-corrected chi connectivity index (χ4v) is 3.70. The summed E-state index contributed by atoms with van der Waals surface area (Å²) in [5.74, 6) is 0.921. The number of halogens is 1. The molecule has 3 unspecified atom stereocenters. The lowest BCUT2D eigenvalue weighted by atomic mass is 9.97. The van der Waals surface area contributed by atoms with E-state index in [4.69, 9.17) is 4.74 Å². The van der Waals surface area contributed by atoms with Crippen LogP contribution in [0.3, 0.4) is 0 Å². The summed E-state index contributed by atoms with van der Waals surface area (Å²) in [6.45, 7) is 11.8. The van der Waals surface area contributed by atoms with Gasteiger partial charge in [-0.1, -0.05) is 24.1 Å². The number of β-amino-alcohol motifs (C(OH)–C–C–N with tert-alkyl or cyclic N) is 1. The van der Waals surface area contributed by atoms with Crippen molar-refractivity contribution in [3.8, 4) is 5.75 Å². The van der Waals surface area contributed by atoms with Crippen LogP contribution in [0.2, 0.25) is 0 Å². The molecule has 1 N–H and O–H groups in total. The molecule has 1 aromatic rings. The Bertz CT molecular complexity index is 473. The van der Waals surface area contributed by atoms with Gasteiger partial charge in [0.1, 0.15) is 18.5 Å². The average molecular weight is 342 g/mol. The molecule has 0 amide bonds. The van der Waals surface area contributed by atoms with Crippen LogP contribution in [0.25, 0.3) is 0 Å². The Morgan fingerprint density at radius 1 is 1.13 bits per heavy atom. The highest BCUT2D eigenvalue weighted by atomic mass is 35.5. The number of hydrogen-bond donors (Lipinski definition) is 1. The van der Waals surface area contributed by atoms with E-state index in [1.165, 1.54) is 24.8 Å². The molecule has 23 heavy (non-hydrogen) atoms. The summed E-state index contributed by atoms with van der Waals surface area (Å²) < 4.78 is 5.92. The van der Waals surface area contributed by atoms with Crippen LogP contribution in [0.15, 0.2) is 12.1 Å². The molecule has 0 saturated carbocycles. The van der Waals surface area contributed by atoms with Gasteiger partial charge in [0.25, 0.3) is 0 Å². The van der Waals surface area contributed by atoms with Crippen molar-refractivity contribution in [1.82, 2.24) is 4.90 Å². The van der Waals surface area contributed by atoms with E-state index in [1.807, 2.05) is 0 Å². The molecule has 3 atom stereocenters. The summed E-state index contributed by atoms with van der Waals surface area (Å²) >= 11 is 0. The summed E-state index contributed by atoms with van der Waals surface area (Å²) in [6.07, 6.45) is 3.32. The van der Waals surface area contributed by atoms with E-state index in [0.29, 0.717) is 25.2 Å². The third-order valence-electron chi connectivity index (χ3n) is 4.82. The van der Waals surface area contributed by atoms with Gasteiger partial charge in [-0.05, 0) is 58.6 Å². The molecular weight excluding hydrogens is 310 g/mol. The molecular formula is C19H32ClNO2. The predicted molar refractivity (Wildman–Crippen MR) is 98.9 cm³/mol. The quantitative estimate of drug-likeness (QED) is 0.877. The van der Waals surface area contributed by atoms with Crippen molar-refractivity contribution < 1.29 is 9.84 Å². The Morgan fingerprint density at radius 3 is 2.17 bits per heavy atom. The zero-order chi connectivity index (χ0) is 16.3. The lowest BCUT2D eigenvalue weighted by Gasteiger charge is -2.40. The molecule has 0 aromatic heterocycles. The van der Waals surface area contributed by atoms with Crippen LogP contribution in [0, 0.1) is 20.8 Å². The first-order valence-electron chi connectivity index (χ1n) is 8.53. The molecule has 1 aliphatic heterocycles. The zero-order valence-corrected chi connectivity index (χ0v) is 15.9. The van der Waals surface area contributed by atoms with Crippen LogP contribution in [0.4, 0.5) is 0 Å². The number of piperidine rings is 1. The minimum atomic E-state index is -0.442. The SMILES string of the molecule is Cc1cc(C)c(OCC(O)CN2C(C)CCCC2C)c(C)c1.Cl. The van der Waals surface area contributed by atoms with Gasteiger partial charge in [0.15, 0.2) is 0 Å². The van der Waals surface area contributed by atoms with E-state index in [0.717, 1.165) is 16.9 Å². The molecule has 4 heteroatoms. The average Bonchev–Trinajstić information content (AvgIpc) is 2.42. The molecule has 0 radical (unpaired) electrons. The highest BCUT2D eigenvalue weighted by Gasteiger charge is 2.26. The molecule has 1 aliphatic rings. The third kappa shape index (κ3) is 5.37. The maximum atomic E-state index is 10.4. The van der Waals surface area contributed by atoms with Crippen LogP contribution < -0.4 is 4.74 Å². The summed E-state index contributed by atoms with van der Waals surface area (Å²) in [7, 11) is 0. The zero-order valence-electron chi connectivity index (χ0n) is 15.1. The van der Waals surface area contributed by atoms with Crippen molar-refractivity contribution in [3.05, 3.63) is 28.8 Å². The molecule has 0 bridgehead atoms. The highest BCUT2D eigenvalue weighted by molar-refractivity contribution is 5.85. The first kappa shape index (κ1) is 20.3. The summed E-state index contributed by atoms with van der Waals surface area (Å²) in [4.78, 5) is 2.42. The standard InChI is InChI=1S/C19H31NO2.ClH/c1-13-9-14(2)19(15(3)10-13)22-12-18(21)11-20-16(4)7-6-8-17(20)5;/h9-10,16-18,21H,6-8,11-12H2,1-5H3;1H. The number of nitrogens with zero attached hydrogens (tertiary/aromatic N) is 1. The Balaban J connectivity index is 0.00000264. The van der Waals surface area contributed by atoms with Crippen molar-refractivity contribution >= 4 is 12.4 Å². The number of ether oxygens (including phenoxy) is 1. The number of benzene rings is 1. The van der Waals surface area contributed by atoms with Gasteiger partial charge in [-0.25, -0.2) is 0 Å². The van der Waals surface area contributed by atoms with Crippen molar-refractivity contribution in [1.29, 1.82) is 0 Å². The summed E-state index contributed by atoms with van der Waals surface area (Å²) in [5.41, 5.74) is 3.53. The largest absolute Gasteiger partial charge is 0.490 e. The Labute approximate surface area is 147 Å². The van der Waals surface area contributed by atoms with Crippen LogP contribution in [-0.4, -0.2) is 41.3 Å². The molecule has 1 aromatic carbocycles. The van der Waals surface area contributed by atoms with Gasteiger partial charge < -0.3 is 9.84 Å². The van der Waals surface area contributed by atoms with Crippen LogP contribution in [0.5, 0.6) is 5.75 Å². The molecule has 1 fully saturated rings. The van der Waals surface area contributed by atoms with Crippen molar-refractivity contribution in [2.45, 2.75) is 72.1 Å². The van der Waals surface area contributed by atoms with Gasteiger partial charge in [-0.3, -0.25) is 4.90 Å². The van der Waals surface area contributed by atoms with E-state index in [2.05, 4.69) is 51.7 Å². The summed E-state index contributed by atoms with van der Waals surface area (Å²) in [6, 6.07) is 5.37. The first-order chi connectivity index (χ1) is 10.4. The van der Waals surface area contributed by atoms with E-state index < -0.39 is 6.10 Å². The van der Waals surface area contributed by atoms with E-state index in [9.17, 15) is 5.11 Å². The molecule has 1 saturated heterocycles. The second kappa shape index (κ2) is 8.91. The fourth-order valence-electron chi connectivity index (χ4n) is 3.70. The number of aliphatic hydroxyl groups is 1. The Kier molecular flexibility index (Phi) is 7.85. The smallest absolute Gasteiger partial charge is 0.125 e. The van der Waals surface area contributed by atoms with Crippen LogP contribution in [0.1, 0.15) is 49.8 Å². The lowest BCUT2D eigenvalue weighted by molar-refractivity contribution is 0.0206. The highest BCUT2D eigenvalue weighted by Crippen LogP contribution is 2.25. The molecule has 132 valence electrons. The minimum absolute atomic E-state index is 0. The molecule has 2 rings (SSSR count). The lowest BCUT2D eigenvalue weighted by Crippen LogP contribution is -2.48. The second-order valence-corrected chi connectivity index (χ2v) is 7.02. The van der Waals surface area contributed by atoms with Crippen LogP contribution in [-0.2, 0) is 0 Å². The van der Waals surface area contributed by atoms with Gasteiger partial charge in [0, 0.05) is 18.6 Å². The molecule has 0 aliphatic carbocycles. The van der Waals surface area contributed by atoms with Crippen molar-refractivity contribution in [2.75, 3.05) is 13.2 Å². The monoisotopic (exact) mass is 341 g/mol. The Hall–Kier alpha value is -0.770. The number of hydrogen-bond acceptors (Lipinski definition) is 3. The van der Waals surface area contributed by atoms with Gasteiger partial charge in [-0.15, -0.1) is 12.4 Å². The Morgan fingerprint density at radius 2 is 1.65 bits per heavy atom. The summed E-state index contributed by atoms with van der Waals surface area (Å²) in [5, 5.41) is 10.4. The number of aliphatic hydroxyl groups excluding tert-OH is 1. The van der Waals surface area contributed by atoms with Crippen molar-refractivity contribution in [3.63, 3.8) is 0 Å². The van der Waals surface area contributed by atoms with Gasteiger partial charge in [-0.2, -0.15) is 0 Å². The third-order valence-corrected chi connectivity index (χ3v) is 4.82. The minimum Gasteiger partial charge on any atom is -0.490 e. The predicted octanol–water partition coefficient (Wildman–Crippen LogP) is 4.04. The van der Waals surface area contributed by atoms with Gasteiger partial charge in [0.2, 0.25) is 0 Å². The fraction of sp³-hybridized carbons (Fsp3) is 0.684. The maximum Gasteiger partial charge on any atom is 0.125 e. The first-order valence-corrected chi connectivity index (χ1v) is 8.53. The molecule has 3 nitrogen and oxygen atoms in total. The van der Waals surface area contributed by atoms with Gasteiger partial charge >= 0.3 is 0 Å². The topological polar surface area (TPSA) is 32.7 Å². The molecule has 1 heterocycles. The van der Waals surface area contributed by atoms with E-state index in [1.54, 1.807) is 0 Å². The van der Waals surface area contributed by atoms with E-state index >= 15 is 0 Å².